The van der Waals surface area contributed by atoms with E-state index in [2.05, 4.69) is 39.5 Å². The van der Waals surface area contributed by atoms with Gasteiger partial charge in [0.1, 0.15) is 0 Å². The van der Waals surface area contributed by atoms with Gasteiger partial charge in [-0.15, -0.1) is 11.8 Å². The van der Waals surface area contributed by atoms with Crippen molar-refractivity contribution in [3.8, 4) is 11.8 Å². The minimum atomic E-state index is 0.917. The molecule has 0 aromatic heterocycles. The first-order chi connectivity index (χ1) is 13.6. The molecule has 0 rings (SSSR count). The van der Waals surface area contributed by atoms with Gasteiger partial charge in [-0.05, 0) is 31.1 Å². The van der Waals surface area contributed by atoms with E-state index in [1.807, 2.05) is 6.92 Å². The van der Waals surface area contributed by atoms with Crippen LogP contribution in [0.25, 0.3) is 0 Å². The molecule has 0 amide bonds. The van der Waals surface area contributed by atoms with Crippen molar-refractivity contribution in [1.29, 1.82) is 0 Å². The Morgan fingerprint density at radius 3 is 1.46 bits per heavy atom. The van der Waals surface area contributed by atoms with Gasteiger partial charge in [-0.3, -0.25) is 0 Å². The highest BCUT2D eigenvalue weighted by molar-refractivity contribution is 4.94. The van der Waals surface area contributed by atoms with Gasteiger partial charge in [-0.25, -0.2) is 0 Å². The zero-order chi connectivity index (χ0) is 20.9. The normalized spacial score (nSPS) is 14.3. The molecule has 0 aromatic carbocycles. The van der Waals surface area contributed by atoms with Crippen LogP contribution in [0.5, 0.6) is 0 Å². The van der Waals surface area contributed by atoms with Crippen molar-refractivity contribution in [3.05, 3.63) is 0 Å². The van der Waals surface area contributed by atoms with Crippen LogP contribution in [0.15, 0.2) is 0 Å². The molecule has 3 unspecified atom stereocenters. The molecule has 0 aromatic rings. The molecule has 0 nitrogen and oxygen atoms in total. The minimum Gasteiger partial charge on any atom is -0.107 e. The van der Waals surface area contributed by atoms with E-state index in [0.29, 0.717) is 0 Å². The van der Waals surface area contributed by atoms with Gasteiger partial charge in [-0.2, -0.15) is 0 Å². The van der Waals surface area contributed by atoms with Gasteiger partial charge in [0.05, 0.1) is 0 Å². The maximum Gasteiger partial charge on any atom is 0.00885 e. The topological polar surface area (TPSA) is 0 Å². The van der Waals surface area contributed by atoms with E-state index in [9.17, 15) is 0 Å². The Balaban J connectivity index is 3.47. The molecule has 0 radical (unpaired) electrons. The third-order valence-electron chi connectivity index (χ3n) is 6.52. The van der Waals surface area contributed by atoms with Crippen LogP contribution in [0.2, 0.25) is 0 Å². The highest BCUT2D eigenvalue weighted by atomic mass is 14.1. The summed E-state index contributed by atoms with van der Waals surface area (Å²) in [5.74, 6) is 8.95. The molecule has 0 aliphatic rings. The van der Waals surface area contributed by atoms with Crippen molar-refractivity contribution in [3.63, 3.8) is 0 Å². The van der Waals surface area contributed by atoms with Crippen molar-refractivity contribution in [1.82, 2.24) is 0 Å². The van der Waals surface area contributed by atoms with Gasteiger partial charge >= 0.3 is 0 Å². The second-order valence-electron chi connectivity index (χ2n) is 9.76. The molecular formula is C28H54. The van der Waals surface area contributed by atoms with Crippen LogP contribution in [0.1, 0.15) is 150 Å². The Hall–Kier alpha value is -0.440. The van der Waals surface area contributed by atoms with Crippen LogP contribution in [0, 0.1) is 29.6 Å². The van der Waals surface area contributed by atoms with Crippen molar-refractivity contribution in [2.24, 2.45) is 17.8 Å². The van der Waals surface area contributed by atoms with Gasteiger partial charge in [0.25, 0.3) is 0 Å². The average molecular weight is 391 g/mol. The highest BCUT2D eigenvalue weighted by Gasteiger charge is 2.08. The molecule has 166 valence electrons. The van der Waals surface area contributed by atoms with Gasteiger partial charge < -0.3 is 0 Å². The van der Waals surface area contributed by atoms with Crippen LogP contribution in [-0.2, 0) is 0 Å². The third kappa shape index (κ3) is 20.3. The first-order valence-corrected chi connectivity index (χ1v) is 13.0. The lowest BCUT2D eigenvalue weighted by Crippen LogP contribution is -2.02. The van der Waals surface area contributed by atoms with E-state index in [0.717, 1.165) is 24.2 Å². The molecule has 0 fully saturated rings. The fraction of sp³-hybridized carbons (Fsp3) is 0.929. The van der Waals surface area contributed by atoms with Gasteiger partial charge in [0.2, 0.25) is 0 Å². The summed E-state index contributed by atoms with van der Waals surface area (Å²) in [6, 6.07) is 0. The fourth-order valence-electron chi connectivity index (χ4n) is 4.27. The van der Waals surface area contributed by atoms with Crippen LogP contribution in [-0.4, -0.2) is 0 Å². The van der Waals surface area contributed by atoms with Gasteiger partial charge in [-0.1, -0.05) is 130 Å². The molecule has 0 aliphatic heterocycles. The fourth-order valence-corrected chi connectivity index (χ4v) is 4.27. The predicted octanol–water partition coefficient (Wildman–Crippen LogP) is 9.96. The average Bonchev–Trinajstić information content (AvgIpc) is 2.68. The Morgan fingerprint density at radius 1 is 0.500 bits per heavy atom. The number of unbranched alkanes of at least 4 members (excludes halogenated alkanes) is 9. The van der Waals surface area contributed by atoms with E-state index in [-0.39, 0.29) is 0 Å². The van der Waals surface area contributed by atoms with Crippen molar-refractivity contribution < 1.29 is 0 Å². The smallest absolute Gasteiger partial charge is 0.00885 e. The van der Waals surface area contributed by atoms with E-state index >= 15 is 0 Å². The third-order valence-corrected chi connectivity index (χ3v) is 6.52. The number of hydrogen-bond donors (Lipinski definition) is 0. The molecule has 28 heavy (non-hydrogen) atoms. The number of rotatable bonds is 20. The molecule has 0 N–H and O–H groups in total. The summed E-state index contributed by atoms with van der Waals surface area (Å²) in [5, 5.41) is 0. The lowest BCUT2D eigenvalue weighted by molar-refractivity contribution is 0.362. The largest absolute Gasteiger partial charge is 0.107 e. The molecule has 3 atom stereocenters. The maximum absolute atomic E-state index is 3.18. The highest BCUT2D eigenvalue weighted by Crippen LogP contribution is 2.23. The lowest BCUT2D eigenvalue weighted by Gasteiger charge is -2.17. The van der Waals surface area contributed by atoms with E-state index in [1.54, 1.807) is 0 Å². The SMILES string of the molecule is CC#CCCCCCC(C)CCCC(C)CCC(C)CCCCCCCCC. The quantitative estimate of drug-likeness (QED) is 0.143. The van der Waals surface area contributed by atoms with Crippen molar-refractivity contribution in [2.45, 2.75) is 150 Å². The monoisotopic (exact) mass is 390 g/mol. The van der Waals surface area contributed by atoms with Crippen LogP contribution >= 0.6 is 0 Å². The summed E-state index contributed by atoms with van der Waals surface area (Å²) < 4.78 is 0. The second kappa shape index (κ2) is 21.3. The van der Waals surface area contributed by atoms with Crippen LogP contribution in [0.3, 0.4) is 0 Å². The second-order valence-corrected chi connectivity index (χ2v) is 9.76. The summed E-state index contributed by atoms with van der Waals surface area (Å²) >= 11 is 0. The summed E-state index contributed by atoms with van der Waals surface area (Å²) in [4.78, 5) is 0. The summed E-state index contributed by atoms with van der Waals surface area (Å²) in [6.45, 7) is 11.7. The molecule has 0 spiro atoms. The Bertz CT molecular complexity index is 358. The van der Waals surface area contributed by atoms with E-state index in [4.69, 9.17) is 0 Å². The summed E-state index contributed by atoms with van der Waals surface area (Å²) in [7, 11) is 0. The molecule has 0 heteroatoms. The van der Waals surface area contributed by atoms with E-state index in [1.165, 1.54) is 109 Å². The Kier molecular flexibility index (Phi) is 20.9. The van der Waals surface area contributed by atoms with E-state index < -0.39 is 0 Å². The van der Waals surface area contributed by atoms with Crippen LogP contribution < -0.4 is 0 Å². The lowest BCUT2D eigenvalue weighted by atomic mass is 9.89. The zero-order valence-electron chi connectivity index (χ0n) is 20.5. The first kappa shape index (κ1) is 27.6. The molecule has 0 aliphatic carbocycles. The Morgan fingerprint density at radius 2 is 0.929 bits per heavy atom. The minimum absolute atomic E-state index is 0.917. The molecule has 0 saturated heterocycles. The summed E-state index contributed by atoms with van der Waals surface area (Å²) in [5.41, 5.74) is 0. The van der Waals surface area contributed by atoms with Crippen LogP contribution in [0.4, 0.5) is 0 Å². The van der Waals surface area contributed by atoms with Crippen molar-refractivity contribution >= 4 is 0 Å². The molecule has 0 bridgehead atoms. The standard InChI is InChI=1S/C28H54/c1-6-8-10-12-14-16-18-21-27(4)24-25-28(5)23-19-22-26(3)20-17-15-13-11-9-7-2/h26-28H,6,8,10-25H2,1-5H3. The number of hydrogen-bond acceptors (Lipinski definition) is 0. The molecular weight excluding hydrogens is 336 g/mol. The first-order valence-electron chi connectivity index (χ1n) is 13.0. The van der Waals surface area contributed by atoms with Gasteiger partial charge in [0.15, 0.2) is 0 Å². The maximum atomic E-state index is 3.18. The predicted molar refractivity (Wildman–Crippen MR) is 130 cm³/mol. The van der Waals surface area contributed by atoms with Crippen molar-refractivity contribution in [2.75, 3.05) is 0 Å². The summed E-state index contributed by atoms with van der Waals surface area (Å²) in [6.07, 6.45) is 25.4. The Labute approximate surface area is 180 Å². The molecule has 0 saturated carbocycles. The molecule has 0 heterocycles. The zero-order valence-corrected chi connectivity index (χ0v) is 20.5. The van der Waals surface area contributed by atoms with Gasteiger partial charge in [0, 0.05) is 6.42 Å².